The van der Waals surface area contributed by atoms with Crippen molar-refractivity contribution in [2.75, 3.05) is 6.61 Å². The molecule has 0 amide bonds. The first-order valence-corrected chi connectivity index (χ1v) is 14.0. The van der Waals surface area contributed by atoms with Gasteiger partial charge in [0.05, 0.1) is 23.3 Å². The molecular formula is C29H26N4O3S2. The fourth-order valence-corrected chi connectivity index (χ4v) is 7.48. The molecule has 0 bridgehead atoms. The molecule has 0 saturated heterocycles. The lowest BCUT2D eigenvalue weighted by molar-refractivity contribution is -0.114. The van der Waals surface area contributed by atoms with E-state index in [4.69, 9.17) is 4.74 Å². The zero-order valence-electron chi connectivity index (χ0n) is 21.7. The summed E-state index contributed by atoms with van der Waals surface area (Å²) in [6, 6.07) is 8.41. The zero-order chi connectivity index (χ0) is 27.6. The number of aryl methyl sites for hydroxylation is 2. The van der Waals surface area contributed by atoms with Crippen LogP contribution in [0.2, 0.25) is 0 Å². The minimum atomic E-state index is -0.527. The molecule has 192 valence electrons. The van der Waals surface area contributed by atoms with E-state index in [0.717, 1.165) is 64.5 Å². The first kappa shape index (κ1) is 27.1. The number of nitriles is 3. The molecular weight excluding hydrogens is 516 g/mol. The van der Waals surface area contributed by atoms with Gasteiger partial charge in [-0.05, 0) is 82.2 Å². The minimum absolute atomic E-state index is 0.0381. The SMILES string of the molecule is CCOC(=O)c1sc(CC(=O)/C(C#N)=C/c2cc(C)n(-c3sc4c(c3C#N)CCCC4)c2C)c(C#N)c1C. The molecule has 0 aliphatic heterocycles. The van der Waals surface area contributed by atoms with Crippen LogP contribution in [0.4, 0.5) is 0 Å². The quantitative estimate of drug-likeness (QED) is 0.204. The molecule has 3 heterocycles. The molecule has 38 heavy (non-hydrogen) atoms. The van der Waals surface area contributed by atoms with Gasteiger partial charge in [0.25, 0.3) is 0 Å². The van der Waals surface area contributed by atoms with Gasteiger partial charge in [0.15, 0.2) is 5.78 Å². The summed E-state index contributed by atoms with van der Waals surface area (Å²) in [5.74, 6) is -0.963. The molecule has 9 heteroatoms. The van der Waals surface area contributed by atoms with Crippen LogP contribution < -0.4 is 0 Å². The number of hydrogen-bond donors (Lipinski definition) is 0. The lowest BCUT2D eigenvalue weighted by Crippen LogP contribution is -2.05. The summed E-state index contributed by atoms with van der Waals surface area (Å²) in [6.45, 7) is 7.42. The van der Waals surface area contributed by atoms with E-state index in [1.54, 1.807) is 31.3 Å². The highest BCUT2D eigenvalue weighted by Crippen LogP contribution is 2.38. The number of ether oxygens (including phenoxy) is 1. The average Bonchev–Trinajstić information content (AvgIpc) is 3.51. The number of ketones is 1. The molecule has 0 saturated carbocycles. The van der Waals surface area contributed by atoms with Crippen LogP contribution in [-0.4, -0.2) is 22.9 Å². The lowest BCUT2D eigenvalue weighted by Gasteiger charge is -2.10. The smallest absolute Gasteiger partial charge is 0.348 e. The van der Waals surface area contributed by atoms with E-state index in [1.807, 2.05) is 30.6 Å². The van der Waals surface area contributed by atoms with Gasteiger partial charge in [-0.3, -0.25) is 4.79 Å². The molecule has 7 nitrogen and oxygen atoms in total. The fraction of sp³-hybridized carbons (Fsp3) is 0.345. The maximum absolute atomic E-state index is 13.2. The Morgan fingerprint density at radius 1 is 1.08 bits per heavy atom. The second kappa shape index (κ2) is 11.2. The largest absolute Gasteiger partial charge is 0.462 e. The van der Waals surface area contributed by atoms with Gasteiger partial charge in [-0.1, -0.05) is 0 Å². The van der Waals surface area contributed by atoms with Gasteiger partial charge in [-0.25, -0.2) is 4.79 Å². The van der Waals surface area contributed by atoms with Crippen LogP contribution in [-0.2, 0) is 28.8 Å². The second-order valence-corrected chi connectivity index (χ2v) is 11.3. The monoisotopic (exact) mass is 542 g/mol. The van der Waals surface area contributed by atoms with Crippen molar-refractivity contribution in [3.05, 3.63) is 65.5 Å². The average molecular weight is 543 g/mol. The summed E-state index contributed by atoms with van der Waals surface area (Å²) in [6.07, 6.45) is 5.52. The summed E-state index contributed by atoms with van der Waals surface area (Å²) in [5, 5.41) is 30.3. The van der Waals surface area contributed by atoms with E-state index >= 15 is 0 Å². The van der Waals surface area contributed by atoms with E-state index in [0.29, 0.717) is 20.9 Å². The number of carbonyl (C=O) groups is 2. The number of aromatic nitrogens is 1. The van der Waals surface area contributed by atoms with Crippen LogP contribution in [0.3, 0.4) is 0 Å². The van der Waals surface area contributed by atoms with E-state index < -0.39 is 11.8 Å². The van der Waals surface area contributed by atoms with Gasteiger partial charge in [0.2, 0.25) is 0 Å². The molecule has 0 unspecified atom stereocenters. The van der Waals surface area contributed by atoms with Crippen LogP contribution in [0.5, 0.6) is 0 Å². The summed E-state index contributed by atoms with van der Waals surface area (Å²) < 4.78 is 7.11. The van der Waals surface area contributed by atoms with Gasteiger partial charge in [0, 0.05) is 27.6 Å². The third-order valence-corrected chi connectivity index (χ3v) is 9.32. The van der Waals surface area contributed by atoms with Crippen molar-refractivity contribution in [2.24, 2.45) is 0 Å². The predicted molar refractivity (Wildman–Crippen MR) is 147 cm³/mol. The third kappa shape index (κ3) is 4.82. The molecule has 0 atom stereocenters. The molecule has 3 aromatic heterocycles. The van der Waals surface area contributed by atoms with Gasteiger partial charge < -0.3 is 9.30 Å². The van der Waals surface area contributed by atoms with Crippen molar-refractivity contribution in [1.29, 1.82) is 15.8 Å². The first-order chi connectivity index (χ1) is 18.2. The standard InChI is InChI=1S/C29H26N4O3S2/c1-5-36-29(35)27-17(3)22(14-31)26(37-27)12-24(34)20(13-30)11-19-10-16(2)33(18(19)4)28-23(15-32)21-8-6-7-9-25(21)38-28/h10-11H,5-9,12H2,1-4H3/b20-11+. The van der Waals surface area contributed by atoms with E-state index in [-0.39, 0.29) is 24.2 Å². The van der Waals surface area contributed by atoms with Gasteiger partial charge in [-0.2, -0.15) is 15.8 Å². The molecule has 4 rings (SSSR count). The van der Waals surface area contributed by atoms with Gasteiger partial charge in [-0.15, -0.1) is 22.7 Å². The Balaban J connectivity index is 1.69. The zero-order valence-corrected chi connectivity index (χ0v) is 23.4. The molecule has 0 fully saturated rings. The Labute approximate surface area is 229 Å². The maximum Gasteiger partial charge on any atom is 0.348 e. The van der Waals surface area contributed by atoms with E-state index in [2.05, 4.69) is 12.1 Å². The first-order valence-electron chi connectivity index (χ1n) is 12.3. The van der Waals surface area contributed by atoms with Crippen LogP contribution in [0.25, 0.3) is 11.1 Å². The Hall–Kier alpha value is -3.97. The summed E-state index contributed by atoms with van der Waals surface area (Å²) in [7, 11) is 0. The van der Waals surface area contributed by atoms with Crippen molar-refractivity contribution >= 4 is 40.5 Å². The van der Waals surface area contributed by atoms with E-state index in [1.165, 1.54) is 4.88 Å². The topological polar surface area (TPSA) is 120 Å². The summed E-state index contributed by atoms with van der Waals surface area (Å²) >= 11 is 2.71. The van der Waals surface area contributed by atoms with Crippen LogP contribution in [0, 0.1) is 54.8 Å². The fourth-order valence-electron chi connectivity index (χ4n) is 4.88. The second-order valence-electron chi connectivity index (χ2n) is 9.12. The van der Waals surface area contributed by atoms with Gasteiger partial charge >= 0.3 is 5.97 Å². The number of Topliss-reactive ketones (excluding diaryl/α,β-unsaturated/α-hetero) is 1. The Kier molecular flexibility index (Phi) is 7.97. The van der Waals surface area contributed by atoms with E-state index in [9.17, 15) is 25.4 Å². The Morgan fingerprint density at radius 3 is 2.45 bits per heavy atom. The number of allylic oxidation sites excluding steroid dienone is 1. The molecule has 0 N–H and O–H groups in total. The minimum Gasteiger partial charge on any atom is -0.462 e. The third-order valence-electron chi connectivity index (χ3n) is 6.77. The molecule has 1 aliphatic carbocycles. The van der Waals surface area contributed by atoms with Crippen LogP contribution in [0.1, 0.15) is 78.4 Å². The molecule has 0 spiro atoms. The summed E-state index contributed by atoms with van der Waals surface area (Å²) in [5.41, 5.74) is 5.05. The number of hydrogen-bond acceptors (Lipinski definition) is 8. The molecule has 3 aromatic rings. The number of carbonyl (C=O) groups excluding carboxylic acids is 2. The highest BCUT2D eigenvalue weighted by atomic mass is 32.1. The Morgan fingerprint density at radius 2 is 1.79 bits per heavy atom. The molecule has 0 radical (unpaired) electrons. The van der Waals surface area contributed by atoms with Crippen molar-refractivity contribution < 1.29 is 14.3 Å². The van der Waals surface area contributed by atoms with Crippen molar-refractivity contribution in [3.8, 4) is 23.2 Å². The Bertz CT molecular complexity index is 1610. The predicted octanol–water partition coefficient (Wildman–Crippen LogP) is 6.04. The van der Waals surface area contributed by atoms with Crippen LogP contribution >= 0.6 is 22.7 Å². The number of esters is 1. The van der Waals surface area contributed by atoms with Crippen molar-refractivity contribution in [1.82, 2.24) is 4.57 Å². The molecule has 0 aromatic carbocycles. The van der Waals surface area contributed by atoms with Crippen LogP contribution in [0.15, 0.2) is 11.6 Å². The number of thiophene rings is 2. The highest BCUT2D eigenvalue weighted by Gasteiger charge is 2.25. The number of rotatable bonds is 7. The highest BCUT2D eigenvalue weighted by molar-refractivity contribution is 7.15. The number of fused-ring (bicyclic) bond motifs is 1. The maximum atomic E-state index is 13.2. The van der Waals surface area contributed by atoms with Crippen molar-refractivity contribution in [3.63, 3.8) is 0 Å². The number of nitrogens with zero attached hydrogens (tertiary/aromatic N) is 4. The normalized spacial score (nSPS) is 12.8. The lowest BCUT2D eigenvalue weighted by atomic mass is 9.96. The van der Waals surface area contributed by atoms with Crippen molar-refractivity contribution in [2.45, 2.75) is 59.8 Å². The summed E-state index contributed by atoms with van der Waals surface area (Å²) in [4.78, 5) is 27.5. The molecule has 1 aliphatic rings. The van der Waals surface area contributed by atoms with Gasteiger partial charge in [0.1, 0.15) is 28.1 Å².